The number of aliphatic hydroxyl groups excluding tert-OH is 1. The molecule has 0 radical (unpaired) electrons. The van der Waals surface area contributed by atoms with Crippen molar-refractivity contribution in [1.29, 1.82) is 0 Å². The van der Waals surface area contributed by atoms with Crippen molar-refractivity contribution in [3.05, 3.63) is 0 Å². The second-order valence-electron chi connectivity index (χ2n) is 8.13. The molecule has 1 aliphatic carbocycles. The molecule has 1 N–H and O–H groups in total. The molecule has 2 fully saturated rings. The van der Waals surface area contributed by atoms with Gasteiger partial charge in [0.25, 0.3) is 5.91 Å². The van der Waals surface area contributed by atoms with E-state index in [1.54, 1.807) is 6.92 Å². The smallest absolute Gasteiger partial charge is 0.256 e. The van der Waals surface area contributed by atoms with Gasteiger partial charge in [0, 0.05) is 19.4 Å². The van der Waals surface area contributed by atoms with Crippen LogP contribution in [0.3, 0.4) is 0 Å². The van der Waals surface area contributed by atoms with Crippen molar-refractivity contribution in [2.24, 2.45) is 11.3 Å². The highest BCUT2D eigenvalue weighted by molar-refractivity contribution is 5.81. The summed E-state index contributed by atoms with van der Waals surface area (Å²) in [6, 6.07) is 0. The minimum Gasteiger partial charge on any atom is -0.374 e. The number of carbonyl (C=O) groups excluding carboxylic acids is 1. The van der Waals surface area contributed by atoms with Crippen LogP contribution in [0, 0.1) is 11.3 Å². The summed E-state index contributed by atoms with van der Waals surface area (Å²) in [5.74, 6) is -0.0700. The quantitative estimate of drug-likeness (QED) is 0.807. The molecule has 0 bridgehead atoms. The normalized spacial score (nSPS) is 33.0. The fourth-order valence-electron chi connectivity index (χ4n) is 3.77. The predicted molar refractivity (Wildman–Crippen MR) is 88.7 cm³/mol. The van der Waals surface area contributed by atoms with E-state index in [4.69, 9.17) is 9.47 Å². The van der Waals surface area contributed by atoms with E-state index in [0.29, 0.717) is 24.5 Å². The molecule has 2 rings (SSSR count). The van der Waals surface area contributed by atoms with Crippen LogP contribution < -0.4 is 0 Å². The van der Waals surface area contributed by atoms with Crippen molar-refractivity contribution in [3.8, 4) is 0 Å². The van der Waals surface area contributed by atoms with Gasteiger partial charge in [0.05, 0.1) is 6.61 Å². The Morgan fingerprint density at radius 3 is 2.43 bits per heavy atom. The van der Waals surface area contributed by atoms with Gasteiger partial charge in [-0.05, 0) is 37.5 Å². The molecular formula is C18H33NO4. The molecule has 134 valence electrons. The second-order valence-corrected chi connectivity index (χ2v) is 8.13. The number of hydrogen-bond donors (Lipinski definition) is 1. The molecule has 1 aliphatic heterocycles. The minimum absolute atomic E-state index is 0.156. The second kappa shape index (κ2) is 7.08. The van der Waals surface area contributed by atoms with E-state index < -0.39 is 18.1 Å². The summed E-state index contributed by atoms with van der Waals surface area (Å²) in [7, 11) is 0. The average Bonchev–Trinajstić information content (AvgIpc) is 2.87. The lowest BCUT2D eigenvalue weighted by Gasteiger charge is -2.41. The fraction of sp³-hybridized carbons (Fsp3) is 0.944. The number of hydrogen-bond acceptors (Lipinski definition) is 4. The first kappa shape index (κ1) is 18.7. The lowest BCUT2D eigenvalue weighted by molar-refractivity contribution is -0.201. The van der Waals surface area contributed by atoms with Gasteiger partial charge in [-0.2, -0.15) is 0 Å². The van der Waals surface area contributed by atoms with E-state index in [-0.39, 0.29) is 5.91 Å². The molecule has 2 unspecified atom stereocenters. The van der Waals surface area contributed by atoms with Gasteiger partial charge in [0.1, 0.15) is 6.23 Å². The maximum Gasteiger partial charge on any atom is 0.256 e. The Bertz CT molecular complexity index is 408. The standard InChI is InChI=1S/C18H33NO4/c1-6-11-19(13(2)20)16(21)15-12-22-18(23-15)9-7-14(8-10-18)17(3,4)5/h13-15,20H,6-12H2,1-5H3. The van der Waals surface area contributed by atoms with Crippen molar-refractivity contribution in [1.82, 2.24) is 4.90 Å². The van der Waals surface area contributed by atoms with Gasteiger partial charge in [-0.15, -0.1) is 0 Å². The zero-order chi connectivity index (χ0) is 17.3. The van der Waals surface area contributed by atoms with Crippen LogP contribution in [0.2, 0.25) is 0 Å². The number of rotatable bonds is 4. The third-order valence-electron chi connectivity index (χ3n) is 5.30. The largest absolute Gasteiger partial charge is 0.374 e. The average molecular weight is 327 g/mol. The lowest BCUT2D eigenvalue weighted by atomic mass is 9.71. The van der Waals surface area contributed by atoms with Gasteiger partial charge < -0.3 is 19.5 Å². The lowest BCUT2D eigenvalue weighted by Crippen LogP contribution is -2.47. The topological polar surface area (TPSA) is 59.0 Å². The Morgan fingerprint density at radius 2 is 1.96 bits per heavy atom. The Hall–Kier alpha value is -0.650. The highest BCUT2D eigenvalue weighted by Crippen LogP contribution is 2.45. The van der Waals surface area contributed by atoms with Crippen molar-refractivity contribution in [2.75, 3.05) is 13.2 Å². The predicted octanol–water partition coefficient (Wildman–Crippen LogP) is 2.91. The van der Waals surface area contributed by atoms with Crippen LogP contribution in [-0.4, -0.2) is 47.2 Å². The first-order valence-electron chi connectivity index (χ1n) is 8.99. The summed E-state index contributed by atoms with van der Waals surface area (Å²) in [5, 5.41) is 9.81. The number of ether oxygens (including phenoxy) is 2. The van der Waals surface area contributed by atoms with Crippen LogP contribution in [0.5, 0.6) is 0 Å². The highest BCUT2D eigenvalue weighted by atomic mass is 16.7. The molecule has 2 atom stereocenters. The Kier molecular flexibility index (Phi) is 5.75. The van der Waals surface area contributed by atoms with E-state index in [2.05, 4.69) is 20.8 Å². The van der Waals surface area contributed by atoms with E-state index in [9.17, 15) is 9.90 Å². The molecule has 5 heteroatoms. The van der Waals surface area contributed by atoms with Crippen molar-refractivity contribution < 1.29 is 19.4 Å². The molecule has 0 aromatic heterocycles. The maximum absolute atomic E-state index is 12.6. The van der Waals surface area contributed by atoms with Gasteiger partial charge in [-0.1, -0.05) is 27.7 Å². The monoisotopic (exact) mass is 327 g/mol. The van der Waals surface area contributed by atoms with Crippen molar-refractivity contribution in [3.63, 3.8) is 0 Å². The first-order valence-corrected chi connectivity index (χ1v) is 8.99. The molecule has 23 heavy (non-hydrogen) atoms. The van der Waals surface area contributed by atoms with Crippen LogP contribution in [0.1, 0.15) is 66.7 Å². The van der Waals surface area contributed by atoms with Crippen LogP contribution in [0.4, 0.5) is 0 Å². The van der Waals surface area contributed by atoms with E-state index in [1.165, 1.54) is 4.90 Å². The Labute approximate surface area is 140 Å². The van der Waals surface area contributed by atoms with E-state index >= 15 is 0 Å². The third-order valence-corrected chi connectivity index (χ3v) is 5.30. The van der Waals surface area contributed by atoms with Crippen LogP contribution in [-0.2, 0) is 14.3 Å². The zero-order valence-electron chi connectivity index (χ0n) is 15.3. The van der Waals surface area contributed by atoms with Crippen molar-refractivity contribution >= 4 is 5.91 Å². The summed E-state index contributed by atoms with van der Waals surface area (Å²) in [5.41, 5.74) is 0.305. The van der Waals surface area contributed by atoms with Gasteiger partial charge >= 0.3 is 0 Å². The first-order chi connectivity index (χ1) is 10.7. The molecule has 1 spiro atoms. The minimum atomic E-state index is -0.792. The van der Waals surface area contributed by atoms with Gasteiger partial charge in [-0.3, -0.25) is 4.79 Å². The molecule has 1 saturated carbocycles. The SMILES string of the molecule is CCCN(C(=O)C1COC2(CCC(C(C)(C)C)CC2)O1)C(C)O. The molecule has 1 heterocycles. The molecule has 0 aromatic rings. The third kappa shape index (κ3) is 4.25. The van der Waals surface area contributed by atoms with E-state index in [1.807, 2.05) is 6.92 Å². The van der Waals surface area contributed by atoms with E-state index in [0.717, 1.165) is 32.1 Å². The molecule has 5 nitrogen and oxygen atoms in total. The van der Waals surface area contributed by atoms with Crippen LogP contribution >= 0.6 is 0 Å². The maximum atomic E-state index is 12.6. The summed E-state index contributed by atoms with van der Waals surface area (Å²) >= 11 is 0. The summed E-state index contributed by atoms with van der Waals surface area (Å²) in [4.78, 5) is 14.1. The molecule has 1 saturated heterocycles. The van der Waals surface area contributed by atoms with Gasteiger partial charge in [0.2, 0.25) is 0 Å². The number of amides is 1. The zero-order valence-corrected chi connectivity index (χ0v) is 15.3. The van der Waals surface area contributed by atoms with Gasteiger partial charge in [-0.25, -0.2) is 0 Å². The summed E-state index contributed by atoms with van der Waals surface area (Å²) in [6.45, 7) is 11.3. The van der Waals surface area contributed by atoms with Crippen LogP contribution in [0.15, 0.2) is 0 Å². The highest BCUT2D eigenvalue weighted by Gasteiger charge is 2.48. The molecule has 0 aromatic carbocycles. The van der Waals surface area contributed by atoms with Crippen LogP contribution in [0.25, 0.3) is 0 Å². The molecular weight excluding hydrogens is 294 g/mol. The fourth-order valence-corrected chi connectivity index (χ4v) is 3.77. The molecule has 1 amide bonds. The summed E-state index contributed by atoms with van der Waals surface area (Å²) < 4.78 is 12.0. The Balaban J connectivity index is 1.95. The number of carbonyl (C=O) groups is 1. The Morgan fingerprint density at radius 1 is 1.35 bits per heavy atom. The molecule has 2 aliphatic rings. The summed E-state index contributed by atoms with van der Waals surface area (Å²) in [6.07, 6.45) is 3.27. The number of aliphatic hydroxyl groups is 1. The number of nitrogens with zero attached hydrogens (tertiary/aromatic N) is 1. The van der Waals surface area contributed by atoms with Gasteiger partial charge in [0.15, 0.2) is 11.9 Å². The van der Waals surface area contributed by atoms with Crippen molar-refractivity contribution in [2.45, 2.75) is 84.8 Å².